The molecule has 0 aliphatic carbocycles. The van der Waals surface area contributed by atoms with Gasteiger partial charge in [0.15, 0.2) is 4.50 Å². The Hall–Kier alpha value is -0.680. The molecule has 0 aliphatic heterocycles. The number of aliphatic imine (C=N–C) groups is 1. The topological polar surface area (TPSA) is 12.4 Å². The SMILES string of the molecule is CCSC(Cl)=Nc1cccc(C(F)(F)F)c1. The third-order valence-electron chi connectivity index (χ3n) is 1.65. The number of rotatable bonds is 2. The van der Waals surface area contributed by atoms with Gasteiger partial charge in [0.1, 0.15) is 0 Å². The molecule has 0 bridgehead atoms. The standard InChI is InChI=1S/C10H9ClF3NS/c1-2-16-9(11)15-8-5-3-4-7(6-8)10(12,13)14/h3-6H,2H2,1H3. The third kappa shape index (κ3) is 4.06. The van der Waals surface area contributed by atoms with Crippen LogP contribution in [0.2, 0.25) is 0 Å². The highest BCUT2D eigenvalue weighted by Gasteiger charge is 2.30. The fourth-order valence-corrected chi connectivity index (χ4v) is 1.84. The minimum absolute atomic E-state index is 0.209. The average Bonchev–Trinajstić information content (AvgIpc) is 2.17. The van der Waals surface area contributed by atoms with Crippen molar-refractivity contribution in [1.82, 2.24) is 0 Å². The van der Waals surface area contributed by atoms with Crippen molar-refractivity contribution < 1.29 is 13.2 Å². The van der Waals surface area contributed by atoms with Gasteiger partial charge in [-0.25, -0.2) is 4.99 Å². The third-order valence-corrected chi connectivity index (χ3v) is 2.68. The van der Waals surface area contributed by atoms with Gasteiger partial charge >= 0.3 is 6.18 Å². The van der Waals surface area contributed by atoms with Gasteiger partial charge < -0.3 is 0 Å². The fourth-order valence-electron chi connectivity index (χ4n) is 1.00. The van der Waals surface area contributed by atoms with Gasteiger partial charge in [-0.05, 0) is 24.0 Å². The van der Waals surface area contributed by atoms with Gasteiger partial charge in [-0.15, -0.1) is 0 Å². The lowest BCUT2D eigenvalue weighted by Gasteiger charge is -2.06. The molecule has 0 unspecified atom stereocenters. The second-order valence-corrected chi connectivity index (χ2v) is 4.68. The second-order valence-electron chi connectivity index (χ2n) is 2.85. The number of nitrogens with zero attached hydrogens (tertiary/aromatic N) is 1. The molecule has 0 aliphatic rings. The number of thioether (sulfide) groups is 1. The van der Waals surface area contributed by atoms with Gasteiger partial charge in [0.2, 0.25) is 0 Å². The minimum atomic E-state index is -4.35. The predicted octanol–water partition coefficient (Wildman–Crippen LogP) is 4.68. The van der Waals surface area contributed by atoms with Crippen molar-refractivity contribution in [2.45, 2.75) is 13.1 Å². The van der Waals surface area contributed by atoms with Crippen LogP contribution in [0.1, 0.15) is 12.5 Å². The molecule has 88 valence electrons. The van der Waals surface area contributed by atoms with Gasteiger partial charge in [0.25, 0.3) is 0 Å². The second kappa shape index (κ2) is 5.59. The Labute approximate surface area is 101 Å². The van der Waals surface area contributed by atoms with Crippen LogP contribution in [0.3, 0.4) is 0 Å². The zero-order valence-electron chi connectivity index (χ0n) is 8.38. The van der Waals surface area contributed by atoms with Crippen LogP contribution in [0.15, 0.2) is 29.3 Å². The molecule has 0 aromatic heterocycles. The van der Waals surface area contributed by atoms with Crippen molar-refractivity contribution >= 4 is 33.6 Å². The van der Waals surface area contributed by atoms with E-state index in [9.17, 15) is 13.2 Å². The lowest BCUT2D eigenvalue weighted by atomic mass is 10.2. The number of benzene rings is 1. The normalized spacial score (nSPS) is 12.9. The highest BCUT2D eigenvalue weighted by atomic mass is 35.5. The van der Waals surface area contributed by atoms with Gasteiger partial charge in [-0.3, -0.25) is 0 Å². The summed E-state index contributed by atoms with van der Waals surface area (Å²) in [6.45, 7) is 1.88. The molecule has 0 N–H and O–H groups in total. The zero-order valence-corrected chi connectivity index (χ0v) is 9.96. The van der Waals surface area contributed by atoms with Crippen molar-refractivity contribution in [1.29, 1.82) is 0 Å². The molecular formula is C10H9ClF3NS. The van der Waals surface area contributed by atoms with Crippen LogP contribution < -0.4 is 0 Å². The van der Waals surface area contributed by atoms with E-state index >= 15 is 0 Å². The Kier molecular flexibility index (Phi) is 4.68. The van der Waals surface area contributed by atoms with Crippen LogP contribution in [-0.2, 0) is 6.18 Å². The van der Waals surface area contributed by atoms with Crippen molar-refractivity contribution in [2.24, 2.45) is 4.99 Å². The van der Waals surface area contributed by atoms with E-state index in [-0.39, 0.29) is 10.2 Å². The summed E-state index contributed by atoms with van der Waals surface area (Å²) in [7, 11) is 0. The number of hydrogen-bond acceptors (Lipinski definition) is 2. The van der Waals surface area contributed by atoms with E-state index in [1.165, 1.54) is 23.9 Å². The number of hydrogen-bond donors (Lipinski definition) is 0. The lowest BCUT2D eigenvalue weighted by molar-refractivity contribution is -0.137. The molecule has 1 rings (SSSR count). The molecule has 6 heteroatoms. The van der Waals surface area contributed by atoms with Crippen LogP contribution in [0, 0.1) is 0 Å². The molecule has 0 radical (unpaired) electrons. The monoisotopic (exact) mass is 267 g/mol. The summed E-state index contributed by atoms with van der Waals surface area (Å²) in [5.74, 6) is 0.724. The largest absolute Gasteiger partial charge is 0.416 e. The molecule has 0 saturated carbocycles. The van der Waals surface area contributed by atoms with E-state index in [4.69, 9.17) is 11.6 Å². The molecule has 1 aromatic rings. The van der Waals surface area contributed by atoms with Crippen LogP contribution in [-0.4, -0.2) is 10.3 Å². The first-order valence-corrected chi connectivity index (χ1v) is 5.84. The quantitative estimate of drug-likeness (QED) is 0.560. The zero-order chi connectivity index (χ0) is 12.2. The smallest absolute Gasteiger partial charge is 0.230 e. The Morgan fingerprint density at radius 3 is 2.69 bits per heavy atom. The Morgan fingerprint density at radius 1 is 1.44 bits per heavy atom. The van der Waals surface area contributed by atoms with E-state index in [1.54, 1.807) is 0 Å². The summed E-state index contributed by atoms with van der Waals surface area (Å²) in [6.07, 6.45) is -4.35. The Balaban J connectivity index is 2.95. The molecule has 0 atom stereocenters. The maximum absolute atomic E-state index is 12.4. The molecule has 16 heavy (non-hydrogen) atoms. The average molecular weight is 268 g/mol. The summed E-state index contributed by atoms with van der Waals surface area (Å²) < 4.78 is 37.3. The minimum Gasteiger partial charge on any atom is -0.230 e. The van der Waals surface area contributed by atoms with Crippen LogP contribution in [0.4, 0.5) is 18.9 Å². The highest BCUT2D eigenvalue weighted by Crippen LogP contribution is 2.31. The Morgan fingerprint density at radius 2 is 2.12 bits per heavy atom. The summed E-state index contributed by atoms with van der Waals surface area (Å²) in [6, 6.07) is 4.76. The van der Waals surface area contributed by atoms with Crippen LogP contribution in [0.5, 0.6) is 0 Å². The maximum Gasteiger partial charge on any atom is 0.416 e. The van der Waals surface area contributed by atoms with Gasteiger partial charge in [0, 0.05) is 0 Å². The first-order chi connectivity index (χ1) is 7.43. The first kappa shape index (κ1) is 13.4. The molecule has 0 saturated heterocycles. The van der Waals surface area contributed by atoms with Crippen LogP contribution >= 0.6 is 23.4 Å². The number of halogens is 4. The van der Waals surface area contributed by atoms with Gasteiger partial charge in [0.05, 0.1) is 11.3 Å². The fraction of sp³-hybridized carbons (Fsp3) is 0.300. The van der Waals surface area contributed by atoms with Gasteiger partial charge in [-0.1, -0.05) is 36.4 Å². The molecule has 0 fully saturated rings. The van der Waals surface area contributed by atoms with E-state index < -0.39 is 11.7 Å². The molecular weight excluding hydrogens is 259 g/mol. The lowest BCUT2D eigenvalue weighted by Crippen LogP contribution is -2.03. The summed E-state index contributed by atoms with van der Waals surface area (Å²) in [4.78, 5) is 3.87. The summed E-state index contributed by atoms with van der Waals surface area (Å²) >= 11 is 6.99. The first-order valence-electron chi connectivity index (χ1n) is 4.47. The number of alkyl halides is 3. The molecule has 1 aromatic carbocycles. The van der Waals surface area contributed by atoms with E-state index in [1.807, 2.05) is 6.92 Å². The highest BCUT2D eigenvalue weighted by molar-refractivity contribution is 8.16. The maximum atomic E-state index is 12.4. The Bertz CT molecular complexity index is 390. The van der Waals surface area contributed by atoms with Crippen molar-refractivity contribution in [2.75, 3.05) is 5.75 Å². The molecule has 0 amide bonds. The van der Waals surface area contributed by atoms with Crippen molar-refractivity contribution in [3.8, 4) is 0 Å². The van der Waals surface area contributed by atoms with E-state index in [2.05, 4.69) is 4.99 Å². The van der Waals surface area contributed by atoms with E-state index in [0.717, 1.165) is 17.9 Å². The van der Waals surface area contributed by atoms with Crippen molar-refractivity contribution in [3.05, 3.63) is 29.8 Å². The van der Waals surface area contributed by atoms with E-state index in [0.29, 0.717) is 0 Å². The van der Waals surface area contributed by atoms with Crippen LogP contribution in [0.25, 0.3) is 0 Å². The molecule has 0 heterocycles. The van der Waals surface area contributed by atoms with Crippen molar-refractivity contribution in [3.63, 3.8) is 0 Å². The molecule has 0 spiro atoms. The molecule has 1 nitrogen and oxygen atoms in total. The summed E-state index contributed by atoms with van der Waals surface area (Å²) in [5, 5.41) is 0. The van der Waals surface area contributed by atoms with Gasteiger partial charge in [-0.2, -0.15) is 13.2 Å². The predicted molar refractivity (Wildman–Crippen MR) is 62.5 cm³/mol. The summed E-state index contributed by atoms with van der Waals surface area (Å²) in [5.41, 5.74) is -0.513.